The topological polar surface area (TPSA) is 66.8 Å². The lowest BCUT2D eigenvalue weighted by molar-refractivity contribution is -0.131. The van der Waals surface area contributed by atoms with E-state index in [4.69, 9.17) is 9.84 Å². The first-order chi connectivity index (χ1) is 7.95. The van der Waals surface area contributed by atoms with Gasteiger partial charge in [-0.05, 0) is 29.7 Å². The van der Waals surface area contributed by atoms with Crippen LogP contribution in [-0.4, -0.2) is 23.3 Å². The minimum atomic E-state index is -1.01. The Morgan fingerprint density at radius 1 is 1.41 bits per heavy atom. The van der Waals surface area contributed by atoms with E-state index in [2.05, 4.69) is 0 Å². The van der Waals surface area contributed by atoms with E-state index >= 15 is 0 Å². The molecule has 0 atom stereocenters. The molecule has 1 rings (SSSR count). The molecule has 0 spiro atoms. The number of methoxy groups -OCH3 is 1. The van der Waals surface area contributed by atoms with Gasteiger partial charge in [-0.25, -0.2) is 4.79 Å². The van der Waals surface area contributed by atoms with E-state index in [-0.39, 0.29) is 11.7 Å². The van der Waals surface area contributed by atoms with Gasteiger partial charge in [-0.3, -0.25) is 0 Å². The normalized spacial score (nSPS) is 11.1. The van der Waals surface area contributed by atoms with Gasteiger partial charge in [0, 0.05) is 11.6 Å². The molecule has 0 radical (unpaired) electrons. The van der Waals surface area contributed by atoms with Crippen molar-refractivity contribution in [3.05, 3.63) is 29.3 Å². The van der Waals surface area contributed by atoms with Crippen molar-refractivity contribution in [2.45, 2.75) is 19.8 Å². The fourth-order valence-electron chi connectivity index (χ4n) is 1.51. The van der Waals surface area contributed by atoms with Crippen LogP contribution < -0.4 is 4.74 Å². The Hall–Kier alpha value is -1.97. The number of rotatable bonds is 4. The fraction of sp³-hybridized carbons (Fsp3) is 0.308. The second-order valence-electron chi connectivity index (χ2n) is 3.99. The van der Waals surface area contributed by atoms with Crippen molar-refractivity contribution < 1.29 is 19.7 Å². The molecule has 4 heteroatoms. The molecule has 0 heterocycles. The molecule has 4 nitrogen and oxygen atoms in total. The molecular weight excluding hydrogens is 220 g/mol. The van der Waals surface area contributed by atoms with Gasteiger partial charge in [0.15, 0.2) is 11.5 Å². The number of carboxylic acids is 1. The number of phenols is 1. The number of carbonyl (C=O) groups is 1. The van der Waals surface area contributed by atoms with Crippen molar-refractivity contribution in [1.82, 2.24) is 0 Å². The van der Waals surface area contributed by atoms with E-state index in [0.29, 0.717) is 11.3 Å². The largest absolute Gasteiger partial charge is 0.504 e. The first-order valence-corrected chi connectivity index (χ1v) is 5.27. The summed E-state index contributed by atoms with van der Waals surface area (Å²) in [6.07, 6.45) is 2.52. The Labute approximate surface area is 100 Å². The van der Waals surface area contributed by atoms with Crippen molar-refractivity contribution in [2.24, 2.45) is 0 Å². The number of ether oxygens (including phenoxy) is 1. The summed E-state index contributed by atoms with van der Waals surface area (Å²) in [4.78, 5) is 10.4. The van der Waals surface area contributed by atoms with Crippen LogP contribution >= 0.6 is 0 Å². The van der Waals surface area contributed by atoms with Crippen molar-refractivity contribution in [2.75, 3.05) is 7.11 Å². The highest BCUT2D eigenvalue weighted by molar-refractivity contribution is 5.85. The predicted molar refractivity (Wildman–Crippen MR) is 65.4 cm³/mol. The average Bonchev–Trinajstić information content (AvgIpc) is 2.27. The SMILES string of the molecule is COc1cc(C=CC(=O)O)cc(C(C)C)c1O. The molecule has 92 valence electrons. The zero-order chi connectivity index (χ0) is 13.0. The second kappa shape index (κ2) is 5.39. The van der Waals surface area contributed by atoms with E-state index in [1.807, 2.05) is 13.8 Å². The molecule has 0 aliphatic heterocycles. The van der Waals surface area contributed by atoms with Crippen LogP contribution in [0.1, 0.15) is 30.9 Å². The lowest BCUT2D eigenvalue weighted by Gasteiger charge is -2.13. The molecule has 17 heavy (non-hydrogen) atoms. The Morgan fingerprint density at radius 2 is 2.06 bits per heavy atom. The molecule has 0 aromatic heterocycles. The number of aromatic hydroxyl groups is 1. The van der Waals surface area contributed by atoms with Gasteiger partial charge >= 0.3 is 5.97 Å². The number of hydrogen-bond donors (Lipinski definition) is 2. The van der Waals surface area contributed by atoms with Crippen LogP contribution in [-0.2, 0) is 4.79 Å². The van der Waals surface area contributed by atoms with Crippen LogP contribution in [0.5, 0.6) is 11.5 Å². The summed E-state index contributed by atoms with van der Waals surface area (Å²) in [6.45, 7) is 3.89. The predicted octanol–water partition coefficient (Wildman–Crippen LogP) is 2.62. The molecule has 1 aromatic rings. The molecule has 1 aromatic carbocycles. The Kier molecular flexibility index (Phi) is 4.15. The summed E-state index contributed by atoms with van der Waals surface area (Å²) in [5, 5.41) is 18.5. The maximum Gasteiger partial charge on any atom is 0.328 e. The van der Waals surface area contributed by atoms with Gasteiger partial charge < -0.3 is 14.9 Å². The molecule has 0 aliphatic rings. The van der Waals surface area contributed by atoms with E-state index in [1.54, 1.807) is 12.1 Å². The summed E-state index contributed by atoms with van der Waals surface area (Å²) in [5.74, 6) is -0.429. The molecule has 0 unspecified atom stereocenters. The smallest absolute Gasteiger partial charge is 0.328 e. The van der Waals surface area contributed by atoms with E-state index in [9.17, 15) is 9.90 Å². The van der Waals surface area contributed by atoms with Crippen molar-refractivity contribution >= 4 is 12.0 Å². The lowest BCUT2D eigenvalue weighted by Crippen LogP contribution is -1.94. The molecule has 0 amide bonds. The highest BCUT2D eigenvalue weighted by atomic mass is 16.5. The van der Waals surface area contributed by atoms with Gasteiger partial charge in [-0.2, -0.15) is 0 Å². The zero-order valence-corrected chi connectivity index (χ0v) is 10.1. The first kappa shape index (κ1) is 13.1. The third kappa shape index (κ3) is 3.24. The Bertz CT molecular complexity index is 447. The minimum Gasteiger partial charge on any atom is -0.504 e. The van der Waals surface area contributed by atoms with Crippen LogP contribution in [0.3, 0.4) is 0 Å². The van der Waals surface area contributed by atoms with Gasteiger partial charge in [0.2, 0.25) is 0 Å². The highest BCUT2D eigenvalue weighted by Gasteiger charge is 2.12. The molecular formula is C13H16O4. The summed E-state index contributed by atoms with van der Waals surface area (Å²) >= 11 is 0. The van der Waals surface area contributed by atoms with Crippen LogP contribution in [0.4, 0.5) is 0 Å². The lowest BCUT2D eigenvalue weighted by atomic mass is 9.98. The van der Waals surface area contributed by atoms with E-state index in [1.165, 1.54) is 13.2 Å². The summed E-state index contributed by atoms with van der Waals surface area (Å²) < 4.78 is 5.05. The zero-order valence-electron chi connectivity index (χ0n) is 10.1. The van der Waals surface area contributed by atoms with Gasteiger partial charge in [0.1, 0.15) is 0 Å². The minimum absolute atomic E-state index is 0.106. The van der Waals surface area contributed by atoms with E-state index in [0.717, 1.165) is 11.6 Å². The number of phenolic OH excluding ortho intramolecular Hbond substituents is 1. The van der Waals surface area contributed by atoms with Crippen LogP contribution in [0, 0.1) is 0 Å². The standard InChI is InChI=1S/C13H16O4/c1-8(2)10-6-9(4-5-12(14)15)7-11(17-3)13(10)16/h4-8,16H,1-3H3,(H,14,15). The third-order valence-corrected chi connectivity index (χ3v) is 2.39. The maximum atomic E-state index is 10.4. The molecule has 0 bridgehead atoms. The molecule has 2 N–H and O–H groups in total. The Morgan fingerprint density at radius 3 is 2.53 bits per heavy atom. The van der Waals surface area contributed by atoms with Crippen molar-refractivity contribution in [3.63, 3.8) is 0 Å². The van der Waals surface area contributed by atoms with Gasteiger partial charge in [0.05, 0.1) is 7.11 Å². The van der Waals surface area contributed by atoms with Crippen LogP contribution in [0.2, 0.25) is 0 Å². The van der Waals surface area contributed by atoms with Gasteiger partial charge in [-0.15, -0.1) is 0 Å². The number of aliphatic carboxylic acids is 1. The maximum absolute atomic E-state index is 10.4. The first-order valence-electron chi connectivity index (χ1n) is 5.27. The fourth-order valence-corrected chi connectivity index (χ4v) is 1.51. The van der Waals surface area contributed by atoms with Crippen molar-refractivity contribution in [3.8, 4) is 11.5 Å². The molecule has 0 saturated heterocycles. The molecule has 0 saturated carbocycles. The van der Waals surface area contributed by atoms with Gasteiger partial charge in [0.25, 0.3) is 0 Å². The second-order valence-corrected chi connectivity index (χ2v) is 3.99. The van der Waals surface area contributed by atoms with Crippen LogP contribution in [0.15, 0.2) is 18.2 Å². The summed E-state index contributed by atoms with van der Waals surface area (Å²) in [6, 6.07) is 3.35. The van der Waals surface area contributed by atoms with Gasteiger partial charge in [-0.1, -0.05) is 13.8 Å². The Balaban J connectivity index is 3.25. The number of benzene rings is 1. The number of hydrogen-bond acceptors (Lipinski definition) is 3. The quantitative estimate of drug-likeness (QED) is 0.788. The van der Waals surface area contributed by atoms with Crippen molar-refractivity contribution in [1.29, 1.82) is 0 Å². The summed E-state index contributed by atoms with van der Waals surface area (Å²) in [5.41, 5.74) is 1.42. The average molecular weight is 236 g/mol. The number of carboxylic acid groups (broad SMARTS) is 1. The third-order valence-electron chi connectivity index (χ3n) is 2.39. The molecule has 0 fully saturated rings. The molecule has 0 aliphatic carbocycles. The van der Waals surface area contributed by atoms with E-state index < -0.39 is 5.97 Å². The highest BCUT2D eigenvalue weighted by Crippen LogP contribution is 2.36. The van der Waals surface area contributed by atoms with Crippen LogP contribution in [0.25, 0.3) is 6.08 Å². The summed E-state index contributed by atoms with van der Waals surface area (Å²) in [7, 11) is 1.46. The monoisotopic (exact) mass is 236 g/mol.